The van der Waals surface area contributed by atoms with E-state index in [1.54, 1.807) is 12.1 Å². The molecule has 0 radical (unpaired) electrons. The minimum atomic E-state index is -0.490. The Morgan fingerprint density at radius 3 is 2.76 bits per heavy atom. The van der Waals surface area contributed by atoms with Crippen molar-refractivity contribution in [3.8, 4) is 0 Å². The second kappa shape index (κ2) is 4.96. The zero-order chi connectivity index (χ0) is 12.4. The first-order valence-corrected chi connectivity index (χ1v) is 6.31. The molecule has 1 amide bonds. The largest absolute Gasteiger partial charge is 0.382 e. The Kier molecular flexibility index (Phi) is 3.57. The average molecular weight is 253 g/mol. The third-order valence-electron chi connectivity index (χ3n) is 3.45. The van der Waals surface area contributed by atoms with Crippen molar-refractivity contribution in [2.75, 3.05) is 5.32 Å². The van der Waals surface area contributed by atoms with E-state index >= 15 is 0 Å². The van der Waals surface area contributed by atoms with Gasteiger partial charge in [0, 0.05) is 11.7 Å². The summed E-state index contributed by atoms with van der Waals surface area (Å²) >= 11 is 6.01. The van der Waals surface area contributed by atoms with Crippen molar-refractivity contribution in [2.24, 2.45) is 11.7 Å². The summed E-state index contributed by atoms with van der Waals surface area (Å²) in [6.07, 6.45) is 3.73. The molecule has 1 saturated carbocycles. The number of carbonyl (C=O) groups excluding carboxylic acids is 1. The van der Waals surface area contributed by atoms with Gasteiger partial charge in [0.15, 0.2) is 0 Å². The quantitative estimate of drug-likeness (QED) is 0.869. The first-order valence-electron chi connectivity index (χ1n) is 5.94. The minimum absolute atomic E-state index is 0.372. The van der Waals surface area contributed by atoms with Crippen LogP contribution in [0.15, 0.2) is 18.2 Å². The molecule has 0 aliphatic heterocycles. The van der Waals surface area contributed by atoms with Crippen LogP contribution in [-0.4, -0.2) is 11.9 Å². The lowest BCUT2D eigenvalue weighted by Gasteiger charge is -2.19. The number of nitrogens with two attached hydrogens (primary N) is 1. The molecule has 1 aliphatic carbocycles. The Balaban J connectivity index is 2.12. The zero-order valence-electron chi connectivity index (χ0n) is 9.87. The molecule has 17 heavy (non-hydrogen) atoms. The maximum absolute atomic E-state index is 11.0. The van der Waals surface area contributed by atoms with Crippen molar-refractivity contribution in [1.82, 2.24) is 0 Å². The van der Waals surface area contributed by atoms with E-state index < -0.39 is 5.91 Å². The predicted molar refractivity (Wildman–Crippen MR) is 70.4 cm³/mol. The van der Waals surface area contributed by atoms with Crippen LogP contribution in [0.25, 0.3) is 0 Å². The third-order valence-corrected chi connectivity index (χ3v) is 3.76. The summed E-state index contributed by atoms with van der Waals surface area (Å²) in [5.41, 5.74) is 6.54. The molecule has 3 N–H and O–H groups in total. The number of hydrogen-bond acceptors (Lipinski definition) is 2. The van der Waals surface area contributed by atoms with Gasteiger partial charge in [-0.15, -0.1) is 0 Å². The Morgan fingerprint density at radius 1 is 1.47 bits per heavy atom. The molecule has 2 rings (SSSR count). The molecular weight excluding hydrogens is 236 g/mol. The highest BCUT2D eigenvalue weighted by atomic mass is 35.5. The molecule has 1 fully saturated rings. The summed E-state index contributed by atoms with van der Waals surface area (Å²) in [6.45, 7) is 2.25. The van der Waals surface area contributed by atoms with Crippen LogP contribution in [0.3, 0.4) is 0 Å². The topological polar surface area (TPSA) is 55.1 Å². The van der Waals surface area contributed by atoms with E-state index in [1.165, 1.54) is 19.3 Å². The van der Waals surface area contributed by atoms with E-state index in [1.807, 2.05) is 6.07 Å². The van der Waals surface area contributed by atoms with Gasteiger partial charge in [0.2, 0.25) is 5.91 Å². The maximum Gasteiger partial charge on any atom is 0.250 e. The van der Waals surface area contributed by atoms with Crippen molar-refractivity contribution in [3.63, 3.8) is 0 Å². The molecule has 2 unspecified atom stereocenters. The summed E-state index contributed by atoms with van der Waals surface area (Å²) in [7, 11) is 0. The van der Waals surface area contributed by atoms with Crippen LogP contribution in [0, 0.1) is 5.92 Å². The van der Waals surface area contributed by atoms with Crippen LogP contribution in [-0.2, 0) is 0 Å². The standard InChI is InChI=1S/C13H17ClN2O/c1-8-3-2-4-12(8)16-9-5-6-10(13(15)17)11(14)7-9/h5-8,12,16H,2-4H2,1H3,(H2,15,17). The lowest BCUT2D eigenvalue weighted by atomic mass is 10.1. The van der Waals surface area contributed by atoms with Crippen LogP contribution < -0.4 is 11.1 Å². The number of halogens is 1. The second-order valence-electron chi connectivity index (χ2n) is 4.72. The van der Waals surface area contributed by atoms with Gasteiger partial charge in [-0.2, -0.15) is 0 Å². The van der Waals surface area contributed by atoms with Crippen molar-refractivity contribution < 1.29 is 4.79 Å². The SMILES string of the molecule is CC1CCCC1Nc1ccc(C(N)=O)c(Cl)c1. The third kappa shape index (κ3) is 2.72. The molecule has 3 nitrogen and oxygen atoms in total. The number of primary amides is 1. The molecule has 1 aliphatic rings. The van der Waals surface area contributed by atoms with Gasteiger partial charge in [-0.3, -0.25) is 4.79 Å². The highest BCUT2D eigenvalue weighted by Crippen LogP contribution is 2.29. The molecule has 0 spiro atoms. The van der Waals surface area contributed by atoms with Crippen molar-refractivity contribution in [2.45, 2.75) is 32.2 Å². The Hall–Kier alpha value is -1.22. The van der Waals surface area contributed by atoms with Gasteiger partial charge in [-0.1, -0.05) is 24.9 Å². The molecule has 92 valence electrons. The van der Waals surface area contributed by atoms with Crippen molar-refractivity contribution in [3.05, 3.63) is 28.8 Å². The maximum atomic E-state index is 11.0. The number of benzene rings is 1. The fourth-order valence-corrected chi connectivity index (χ4v) is 2.65. The first-order chi connectivity index (χ1) is 8.08. The van der Waals surface area contributed by atoms with Gasteiger partial charge in [0.05, 0.1) is 10.6 Å². The summed E-state index contributed by atoms with van der Waals surface area (Å²) in [5.74, 6) is 0.195. The average Bonchev–Trinajstić information content (AvgIpc) is 2.64. The zero-order valence-corrected chi connectivity index (χ0v) is 10.6. The first kappa shape index (κ1) is 12.2. The highest BCUT2D eigenvalue weighted by molar-refractivity contribution is 6.34. The van der Waals surface area contributed by atoms with E-state index in [0.29, 0.717) is 22.5 Å². The number of nitrogens with one attached hydrogen (secondary N) is 1. The molecule has 0 bridgehead atoms. The van der Waals surface area contributed by atoms with E-state index in [-0.39, 0.29) is 0 Å². The number of hydrogen-bond donors (Lipinski definition) is 2. The van der Waals surface area contributed by atoms with Gasteiger partial charge in [-0.25, -0.2) is 0 Å². The Labute approximate surface area is 106 Å². The van der Waals surface area contributed by atoms with Crippen LogP contribution >= 0.6 is 11.6 Å². The lowest BCUT2D eigenvalue weighted by molar-refractivity contribution is 0.100. The fourth-order valence-electron chi connectivity index (χ4n) is 2.38. The molecule has 1 aromatic rings. The van der Waals surface area contributed by atoms with Gasteiger partial charge < -0.3 is 11.1 Å². The van der Waals surface area contributed by atoms with Gasteiger partial charge in [0.1, 0.15) is 0 Å². The van der Waals surface area contributed by atoms with Crippen molar-refractivity contribution in [1.29, 1.82) is 0 Å². The molecule has 1 aromatic carbocycles. The number of amides is 1. The molecule has 2 atom stereocenters. The van der Waals surface area contributed by atoms with E-state index in [0.717, 1.165) is 5.69 Å². The minimum Gasteiger partial charge on any atom is -0.382 e. The number of carbonyl (C=O) groups is 1. The molecule has 0 aromatic heterocycles. The summed E-state index contributed by atoms with van der Waals surface area (Å²) in [5, 5.41) is 3.87. The summed E-state index contributed by atoms with van der Waals surface area (Å²) in [4.78, 5) is 11.0. The molecular formula is C13H17ClN2O. The van der Waals surface area contributed by atoms with Gasteiger partial charge in [0.25, 0.3) is 0 Å². The van der Waals surface area contributed by atoms with Crippen molar-refractivity contribution >= 4 is 23.2 Å². The smallest absolute Gasteiger partial charge is 0.250 e. The monoisotopic (exact) mass is 252 g/mol. The van der Waals surface area contributed by atoms with Gasteiger partial charge >= 0.3 is 0 Å². The molecule has 0 saturated heterocycles. The molecule has 0 heterocycles. The Bertz CT molecular complexity index is 433. The van der Waals surface area contributed by atoms with Gasteiger partial charge in [-0.05, 0) is 37.0 Å². The predicted octanol–water partition coefficient (Wildman–Crippen LogP) is 3.04. The van der Waals surface area contributed by atoms with E-state index in [9.17, 15) is 4.79 Å². The van der Waals surface area contributed by atoms with Crippen LogP contribution in [0.4, 0.5) is 5.69 Å². The normalized spacial score (nSPS) is 23.6. The second-order valence-corrected chi connectivity index (χ2v) is 5.13. The molecule has 4 heteroatoms. The van der Waals surface area contributed by atoms with Crippen LogP contribution in [0.5, 0.6) is 0 Å². The fraction of sp³-hybridized carbons (Fsp3) is 0.462. The van der Waals surface area contributed by atoms with Crippen LogP contribution in [0.1, 0.15) is 36.5 Å². The number of anilines is 1. The van der Waals surface area contributed by atoms with E-state index in [4.69, 9.17) is 17.3 Å². The lowest BCUT2D eigenvalue weighted by Crippen LogP contribution is -2.21. The van der Waals surface area contributed by atoms with E-state index in [2.05, 4.69) is 12.2 Å². The number of rotatable bonds is 3. The summed E-state index contributed by atoms with van der Waals surface area (Å²) < 4.78 is 0. The Morgan fingerprint density at radius 2 is 2.24 bits per heavy atom. The van der Waals surface area contributed by atoms with Crippen LogP contribution in [0.2, 0.25) is 5.02 Å². The summed E-state index contributed by atoms with van der Waals surface area (Å²) in [6, 6.07) is 5.81. The highest BCUT2D eigenvalue weighted by Gasteiger charge is 2.23.